The summed E-state index contributed by atoms with van der Waals surface area (Å²) in [6.45, 7) is 4.86. The Labute approximate surface area is 204 Å². The summed E-state index contributed by atoms with van der Waals surface area (Å²) in [6, 6.07) is 7.81. The third-order valence-corrected chi connectivity index (χ3v) is 6.69. The third kappa shape index (κ3) is 4.62. The number of thiophene rings is 1. The number of hydrogen-bond acceptors (Lipinski definition) is 9. The molecule has 4 amide bonds. The Kier molecular flexibility index (Phi) is 6.60. The second-order valence-corrected chi connectivity index (χ2v) is 8.97. The van der Waals surface area contributed by atoms with E-state index >= 15 is 0 Å². The molecule has 2 N–H and O–H groups in total. The first-order valence-electron chi connectivity index (χ1n) is 10.8. The summed E-state index contributed by atoms with van der Waals surface area (Å²) in [6.07, 6.45) is 2.08. The summed E-state index contributed by atoms with van der Waals surface area (Å²) in [5, 5.41) is 16.7. The van der Waals surface area contributed by atoms with Crippen LogP contribution in [0.5, 0.6) is 0 Å². The van der Waals surface area contributed by atoms with Gasteiger partial charge in [-0.3, -0.25) is 14.5 Å². The van der Waals surface area contributed by atoms with Crippen LogP contribution in [-0.4, -0.2) is 62.1 Å². The van der Waals surface area contributed by atoms with Crippen molar-refractivity contribution in [2.24, 2.45) is 0 Å². The average Bonchev–Trinajstić information content (AvgIpc) is 3.56. The fourth-order valence-corrected chi connectivity index (χ4v) is 4.65. The van der Waals surface area contributed by atoms with Crippen molar-refractivity contribution in [2.45, 2.75) is 32.7 Å². The number of esters is 1. The molecule has 12 nitrogen and oxygen atoms in total. The summed E-state index contributed by atoms with van der Waals surface area (Å²) in [5.41, 5.74) is -0.0518. The summed E-state index contributed by atoms with van der Waals surface area (Å²) in [4.78, 5) is 52.8. The average molecular weight is 498 g/mol. The lowest BCUT2D eigenvalue weighted by atomic mass is 9.91. The van der Waals surface area contributed by atoms with Crippen LogP contribution in [-0.2, 0) is 26.3 Å². The molecule has 1 saturated heterocycles. The lowest BCUT2D eigenvalue weighted by molar-refractivity contribution is -0.133. The number of benzene rings is 1. The fraction of sp³-hybridized carbons (Fsp3) is 0.318. The van der Waals surface area contributed by atoms with E-state index in [2.05, 4.69) is 26.2 Å². The van der Waals surface area contributed by atoms with E-state index in [4.69, 9.17) is 4.74 Å². The zero-order valence-corrected chi connectivity index (χ0v) is 20.1. The second kappa shape index (κ2) is 9.62. The Bertz CT molecular complexity index is 1290. The van der Waals surface area contributed by atoms with Crippen molar-refractivity contribution in [2.75, 3.05) is 18.5 Å². The zero-order valence-electron chi connectivity index (χ0n) is 19.3. The first kappa shape index (κ1) is 24.0. The molecule has 13 heteroatoms. The normalized spacial score (nSPS) is 17.4. The van der Waals surface area contributed by atoms with E-state index in [1.54, 1.807) is 44.2 Å². The fourth-order valence-electron chi connectivity index (χ4n) is 3.65. The number of hydrogen-bond donors (Lipinski definition) is 2. The molecule has 4 rings (SSSR count). The van der Waals surface area contributed by atoms with Crippen molar-refractivity contribution >= 4 is 40.2 Å². The summed E-state index contributed by atoms with van der Waals surface area (Å²) in [5.74, 6) is -1.75. The molecule has 35 heavy (non-hydrogen) atoms. The lowest BCUT2D eigenvalue weighted by Crippen LogP contribution is -2.42. The molecule has 0 saturated carbocycles. The minimum atomic E-state index is -1.39. The second-order valence-electron chi connectivity index (χ2n) is 7.83. The maximum absolute atomic E-state index is 13.3. The van der Waals surface area contributed by atoms with Crippen molar-refractivity contribution in [3.05, 3.63) is 52.7 Å². The number of nitrogens with zero attached hydrogens (tertiary/aromatic N) is 5. The van der Waals surface area contributed by atoms with E-state index in [0.717, 1.165) is 9.78 Å². The third-order valence-electron chi connectivity index (χ3n) is 5.49. The van der Waals surface area contributed by atoms with Gasteiger partial charge in [0.1, 0.15) is 23.4 Å². The van der Waals surface area contributed by atoms with Crippen molar-refractivity contribution < 1.29 is 23.9 Å². The van der Waals surface area contributed by atoms with Crippen LogP contribution < -0.4 is 10.6 Å². The predicted molar refractivity (Wildman–Crippen MR) is 125 cm³/mol. The van der Waals surface area contributed by atoms with E-state index in [1.807, 2.05) is 6.92 Å². The van der Waals surface area contributed by atoms with Crippen LogP contribution in [0.2, 0.25) is 0 Å². The molecule has 3 aromatic rings. The van der Waals surface area contributed by atoms with Crippen LogP contribution >= 0.6 is 11.3 Å². The van der Waals surface area contributed by atoms with Gasteiger partial charge >= 0.3 is 12.0 Å². The van der Waals surface area contributed by atoms with E-state index in [1.165, 1.54) is 22.3 Å². The van der Waals surface area contributed by atoms with Crippen molar-refractivity contribution in [3.8, 4) is 5.69 Å². The Hall–Kier alpha value is -4.13. The van der Waals surface area contributed by atoms with Crippen LogP contribution in [0.25, 0.3) is 5.69 Å². The Morgan fingerprint density at radius 3 is 2.71 bits per heavy atom. The van der Waals surface area contributed by atoms with Gasteiger partial charge in [-0.15, -0.1) is 16.4 Å². The molecule has 0 unspecified atom stereocenters. The van der Waals surface area contributed by atoms with Crippen LogP contribution in [0, 0.1) is 0 Å². The molecule has 0 bridgehead atoms. The number of aryl methyl sites for hydroxylation is 1. The molecule has 1 aliphatic rings. The number of rotatable bonds is 8. The highest BCUT2D eigenvalue weighted by Gasteiger charge is 2.49. The predicted octanol–water partition coefficient (Wildman–Crippen LogP) is 1.87. The number of aromatic nitrogens is 4. The highest BCUT2D eigenvalue weighted by molar-refractivity contribution is 7.16. The van der Waals surface area contributed by atoms with E-state index in [-0.39, 0.29) is 12.2 Å². The summed E-state index contributed by atoms with van der Waals surface area (Å²) < 4.78 is 6.48. The minimum absolute atomic E-state index is 0.194. The smallest absolute Gasteiger partial charge is 0.341 e. The van der Waals surface area contributed by atoms with Gasteiger partial charge in [0.15, 0.2) is 0 Å². The van der Waals surface area contributed by atoms with Crippen LogP contribution in [0.1, 0.15) is 41.6 Å². The molecular weight excluding hydrogens is 474 g/mol. The number of nitrogens with one attached hydrogen (secondary N) is 2. The standard InChI is InChI=1S/C22H23N7O5S/c1-4-15-10-16(19(31)34-5-2)18(35-15)24-17(30)11-28-20(32)22(3,25-21(28)33)13-7-6-8-14(9-13)29-12-23-26-27-29/h6-10,12H,4-5,11H2,1-3H3,(H,24,30)(H,25,33)/t22-/m0/s1. The highest BCUT2D eigenvalue weighted by Crippen LogP contribution is 2.31. The Morgan fingerprint density at radius 1 is 1.23 bits per heavy atom. The molecule has 1 atom stereocenters. The Balaban J connectivity index is 1.52. The molecule has 0 spiro atoms. The Morgan fingerprint density at radius 2 is 2.03 bits per heavy atom. The molecule has 1 aliphatic heterocycles. The van der Waals surface area contributed by atoms with Gasteiger partial charge < -0.3 is 15.4 Å². The van der Waals surface area contributed by atoms with Crippen molar-refractivity contribution in [3.63, 3.8) is 0 Å². The molecule has 2 aromatic heterocycles. The minimum Gasteiger partial charge on any atom is -0.462 e. The van der Waals surface area contributed by atoms with E-state index in [9.17, 15) is 19.2 Å². The van der Waals surface area contributed by atoms with Gasteiger partial charge in [0.05, 0.1) is 17.9 Å². The monoisotopic (exact) mass is 497 g/mol. The number of carbonyl (C=O) groups excluding carboxylic acids is 4. The van der Waals surface area contributed by atoms with Gasteiger partial charge in [0.2, 0.25) is 5.91 Å². The zero-order chi connectivity index (χ0) is 25.2. The van der Waals surface area contributed by atoms with Gasteiger partial charge in [0.25, 0.3) is 5.91 Å². The molecular formula is C22H23N7O5S. The highest BCUT2D eigenvalue weighted by atomic mass is 32.1. The molecule has 0 radical (unpaired) electrons. The summed E-state index contributed by atoms with van der Waals surface area (Å²) >= 11 is 1.24. The van der Waals surface area contributed by atoms with Crippen molar-refractivity contribution in [1.82, 2.24) is 30.4 Å². The topological polar surface area (TPSA) is 148 Å². The number of ether oxygens (including phenoxy) is 1. The van der Waals surface area contributed by atoms with E-state index in [0.29, 0.717) is 22.7 Å². The largest absolute Gasteiger partial charge is 0.462 e. The van der Waals surface area contributed by atoms with Gasteiger partial charge in [-0.05, 0) is 54.5 Å². The molecule has 0 aliphatic carbocycles. The number of imide groups is 1. The van der Waals surface area contributed by atoms with Crippen LogP contribution in [0.4, 0.5) is 9.80 Å². The number of urea groups is 1. The molecule has 182 valence electrons. The lowest BCUT2D eigenvalue weighted by Gasteiger charge is -2.22. The number of amides is 4. The quantitative estimate of drug-likeness (QED) is 0.354. The number of carbonyl (C=O) groups is 4. The summed E-state index contributed by atoms with van der Waals surface area (Å²) in [7, 11) is 0. The maximum atomic E-state index is 13.3. The number of tetrazole rings is 1. The van der Waals surface area contributed by atoms with Gasteiger partial charge in [0, 0.05) is 4.88 Å². The van der Waals surface area contributed by atoms with Gasteiger partial charge in [-0.2, -0.15) is 0 Å². The molecule has 1 fully saturated rings. The molecule has 3 heterocycles. The van der Waals surface area contributed by atoms with Crippen LogP contribution in [0.3, 0.4) is 0 Å². The number of anilines is 1. The van der Waals surface area contributed by atoms with E-state index < -0.39 is 35.9 Å². The first-order valence-corrected chi connectivity index (χ1v) is 11.7. The van der Waals surface area contributed by atoms with Crippen molar-refractivity contribution in [1.29, 1.82) is 0 Å². The van der Waals surface area contributed by atoms with Gasteiger partial charge in [-0.1, -0.05) is 19.1 Å². The maximum Gasteiger partial charge on any atom is 0.341 e. The SMILES string of the molecule is CCOC(=O)c1cc(CC)sc1NC(=O)CN1C(=O)N[C@@](C)(c2cccc(-n3cnnn3)c2)C1=O. The van der Waals surface area contributed by atoms with Crippen LogP contribution in [0.15, 0.2) is 36.7 Å². The van der Waals surface area contributed by atoms with Gasteiger partial charge in [-0.25, -0.2) is 14.3 Å². The molecule has 1 aromatic carbocycles. The first-order chi connectivity index (χ1) is 16.8.